The summed E-state index contributed by atoms with van der Waals surface area (Å²) in [6.45, 7) is 1.30. The Morgan fingerprint density at radius 1 is 1.73 bits per heavy atom. The van der Waals surface area contributed by atoms with E-state index in [-0.39, 0.29) is 12.4 Å². The van der Waals surface area contributed by atoms with E-state index >= 15 is 0 Å². The fourth-order valence-corrected chi connectivity index (χ4v) is 1.17. The average molecular weight is 181 g/mol. The number of nitrogens with zero attached hydrogens (tertiary/aromatic N) is 1. The molecule has 0 saturated carbocycles. The molecule has 2 N–H and O–H groups in total. The monoisotopic (exact) mass is 180 g/mol. The predicted octanol–water partition coefficient (Wildman–Crippen LogP) is 0.380. The zero-order valence-corrected chi connectivity index (χ0v) is 7.23. The number of likely N-dealkylation sites (N-methyl/N-ethyl adjacent to an activating group) is 1. The van der Waals surface area contributed by atoms with E-state index in [0.29, 0.717) is 19.1 Å². The van der Waals surface area contributed by atoms with Crippen molar-refractivity contribution in [3.63, 3.8) is 0 Å². The molecule has 0 aromatic heterocycles. The third-order valence-corrected chi connectivity index (χ3v) is 1.87. The first-order valence-electron chi connectivity index (χ1n) is 3.39. The van der Waals surface area contributed by atoms with Crippen LogP contribution in [-0.2, 0) is 0 Å². The number of rotatable bonds is 1. The van der Waals surface area contributed by atoms with E-state index in [1.807, 2.05) is 7.05 Å². The first-order chi connectivity index (χ1) is 4.74. The minimum Gasteiger partial charge on any atom is -0.465 e. The van der Waals surface area contributed by atoms with Crippen molar-refractivity contribution >= 4 is 18.5 Å². The van der Waals surface area contributed by atoms with Crippen molar-refractivity contribution in [3.8, 4) is 0 Å². The second-order valence-corrected chi connectivity index (χ2v) is 2.50. The highest BCUT2D eigenvalue weighted by atomic mass is 35.5. The van der Waals surface area contributed by atoms with Crippen LogP contribution in [0.3, 0.4) is 0 Å². The standard InChI is InChI=1S/C6H12N2O2.ClH/c1-7-5-2-3-8(4-5)6(9)10;/h5,7H,2-4H2,1H3,(H,9,10);1H/t5-;/m0./s1. The molecule has 11 heavy (non-hydrogen) atoms. The van der Waals surface area contributed by atoms with Crippen LogP contribution < -0.4 is 5.32 Å². The molecule has 4 nitrogen and oxygen atoms in total. The smallest absolute Gasteiger partial charge is 0.407 e. The van der Waals surface area contributed by atoms with Crippen LogP contribution in [0.4, 0.5) is 4.79 Å². The van der Waals surface area contributed by atoms with E-state index in [0.717, 1.165) is 6.42 Å². The molecule has 1 saturated heterocycles. The van der Waals surface area contributed by atoms with E-state index in [4.69, 9.17) is 5.11 Å². The van der Waals surface area contributed by atoms with Crippen LogP contribution in [0, 0.1) is 0 Å². The quantitative estimate of drug-likeness (QED) is 0.614. The summed E-state index contributed by atoms with van der Waals surface area (Å²) < 4.78 is 0. The van der Waals surface area contributed by atoms with Gasteiger partial charge in [-0.1, -0.05) is 0 Å². The van der Waals surface area contributed by atoms with E-state index in [9.17, 15) is 4.79 Å². The second-order valence-electron chi connectivity index (χ2n) is 2.50. The number of hydrogen-bond acceptors (Lipinski definition) is 2. The van der Waals surface area contributed by atoms with Crippen LogP contribution in [0.1, 0.15) is 6.42 Å². The average Bonchev–Trinajstić information content (AvgIpc) is 2.34. The molecule has 1 fully saturated rings. The highest BCUT2D eigenvalue weighted by molar-refractivity contribution is 5.85. The summed E-state index contributed by atoms with van der Waals surface area (Å²) in [4.78, 5) is 11.8. The molecule has 0 aromatic rings. The Labute approximate surface area is 72.0 Å². The minimum absolute atomic E-state index is 0. The van der Waals surface area contributed by atoms with E-state index < -0.39 is 6.09 Å². The number of carbonyl (C=O) groups is 1. The Balaban J connectivity index is 0.000001000. The number of carboxylic acid groups (broad SMARTS) is 1. The summed E-state index contributed by atoms with van der Waals surface area (Å²) in [7, 11) is 1.86. The topological polar surface area (TPSA) is 52.6 Å². The van der Waals surface area contributed by atoms with E-state index in [2.05, 4.69) is 5.32 Å². The van der Waals surface area contributed by atoms with Crippen LogP contribution in [0.15, 0.2) is 0 Å². The van der Waals surface area contributed by atoms with Crippen molar-refractivity contribution in [3.05, 3.63) is 0 Å². The van der Waals surface area contributed by atoms with Crippen LogP contribution >= 0.6 is 12.4 Å². The maximum Gasteiger partial charge on any atom is 0.407 e. The molecule has 1 aliphatic rings. The number of halogens is 1. The zero-order valence-electron chi connectivity index (χ0n) is 6.41. The van der Waals surface area contributed by atoms with Gasteiger partial charge in [0.2, 0.25) is 0 Å². The SMILES string of the molecule is CN[C@H]1CCN(C(=O)O)C1.Cl. The highest BCUT2D eigenvalue weighted by Crippen LogP contribution is 2.07. The van der Waals surface area contributed by atoms with Crippen molar-refractivity contribution in [1.82, 2.24) is 10.2 Å². The van der Waals surface area contributed by atoms with Gasteiger partial charge in [-0.3, -0.25) is 0 Å². The third-order valence-electron chi connectivity index (χ3n) is 1.87. The molecular formula is C6H13ClN2O2. The number of nitrogens with one attached hydrogen (secondary N) is 1. The van der Waals surface area contributed by atoms with Crippen molar-refractivity contribution < 1.29 is 9.90 Å². The molecule has 0 bridgehead atoms. The lowest BCUT2D eigenvalue weighted by molar-refractivity contribution is 0.155. The van der Waals surface area contributed by atoms with Gasteiger partial charge in [-0.15, -0.1) is 12.4 Å². The summed E-state index contributed by atoms with van der Waals surface area (Å²) >= 11 is 0. The normalized spacial score (nSPS) is 23.0. The van der Waals surface area contributed by atoms with Gasteiger partial charge < -0.3 is 15.3 Å². The van der Waals surface area contributed by atoms with Crippen molar-refractivity contribution in [1.29, 1.82) is 0 Å². The Morgan fingerprint density at radius 2 is 2.36 bits per heavy atom. The van der Waals surface area contributed by atoms with Gasteiger partial charge in [0.05, 0.1) is 0 Å². The third kappa shape index (κ3) is 2.55. The van der Waals surface area contributed by atoms with Crippen molar-refractivity contribution in [2.75, 3.05) is 20.1 Å². The van der Waals surface area contributed by atoms with Gasteiger partial charge in [-0.05, 0) is 13.5 Å². The molecule has 5 heteroatoms. The Kier molecular flexibility index (Phi) is 4.22. The van der Waals surface area contributed by atoms with Crippen LogP contribution in [0.2, 0.25) is 0 Å². The minimum atomic E-state index is -0.808. The molecular weight excluding hydrogens is 168 g/mol. The molecule has 0 radical (unpaired) electrons. The predicted molar refractivity (Wildman–Crippen MR) is 44.3 cm³/mol. The molecule has 66 valence electrons. The maximum absolute atomic E-state index is 10.4. The van der Waals surface area contributed by atoms with Gasteiger partial charge in [-0.25, -0.2) is 4.79 Å². The summed E-state index contributed by atoms with van der Waals surface area (Å²) in [5, 5.41) is 11.6. The first kappa shape index (κ1) is 10.5. The van der Waals surface area contributed by atoms with Gasteiger partial charge in [0.25, 0.3) is 0 Å². The summed E-state index contributed by atoms with van der Waals surface area (Å²) in [5.41, 5.74) is 0. The fraction of sp³-hybridized carbons (Fsp3) is 0.833. The number of likely N-dealkylation sites (tertiary alicyclic amines) is 1. The zero-order chi connectivity index (χ0) is 7.56. The lowest BCUT2D eigenvalue weighted by Crippen LogP contribution is -2.32. The molecule has 0 spiro atoms. The van der Waals surface area contributed by atoms with Gasteiger partial charge in [0.15, 0.2) is 0 Å². The van der Waals surface area contributed by atoms with Crippen molar-refractivity contribution in [2.45, 2.75) is 12.5 Å². The number of amides is 1. The molecule has 0 unspecified atom stereocenters. The summed E-state index contributed by atoms with van der Waals surface area (Å²) in [5.74, 6) is 0. The maximum atomic E-state index is 10.4. The van der Waals surface area contributed by atoms with Gasteiger partial charge in [0, 0.05) is 19.1 Å². The first-order valence-corrected chi connectivity index (χ1v) is 3.39. The van der Waals surface area contributed by atoms with Gasteiger partial charge in [0.1, 0.15) is 0 Å². The largest absolute Gasteiger partial charge is 0.465 e. The molecule has 1 atom stereocenters. The Hall–Kier alpha value is -0.480. The molecule has 1 rings (SSSR count). The van der Waals surface area contributed by atoms with Gasteiger partial charge in [-0.2, -0.15) is 0 Å². The Morgan fingerprint density at radius 3 is 2.64 bits per heavy atom. The Bertz CT molecular complexity index is 143. The van der Waals surface area contributed by atoms with Crippen LogP contribution in [-0.4, -0.2) is 42.3 Å². The second kappa shape index (κ2) is 4.41. The summed E-state index contributed by atoms with van der Waals surface area (Å²) in [6.07, 6.45) is 0.126. The van der Waals surface area contributed by atoms with Crippen LogP contribution in [0.5, 0.6) is 0 Å². The van der Waals surface area contributed by atoms with Crippen LogP contribution in [0.25, 0.3) is 0 Å². The lowest BCUT2D eigenvalue weighted by Gasteiger charge is -2.10. The molecule has 0 aromatic carbocycles. The van der Waals surface area contributed by atoms with Crippen molar-refractivity contribution in [2.24, 2.45) is 0 Å². The molecule has 1 amide bonds. The number of hydrogen-bond donors (Lipinski definition) is 2. The fourth-order valence-electron chi connectivity index (χ4n) is 1.17. The molecule has 1 aliphatic heterocycles. The summed E-state index contributed by atoms with van der Waals surface area (Å²) in [6, 6.07) is 0.357. The molecule has 0 aliphatic carbocycles. The lowest BCUT2D eigenvalue weighted by atomic mass is 10.3. The van der Waals surface area contributed by atoms with E-state index in [1.165, 1.54) is 4.90 Å². The van der Waals surface area contributed by atoms with Gasteiger partial charge >= 0.3 is 6.09 Å². The van der Waals surface area contributed by atoms with E-state index in [1.54, 1.807) is 0 Å². The molecule has 1 heterocycles. The highest BCUT2D eigenvalue weighted by Gasteiger charge is 2.23.